The molecule has 0 bridgehead atoms. The average molecular weight is 445 g/mol. The van der Waals surface area contributed by atoms with Gasteiger partial charge in [-0.05, 0) is 107 Å². The van der Waals surface area contributed by atoms with Crippen molar-refractivity contribution in [2.45, 2.75) is 128 Å². The Bertz CT molecular complexity index is 675. The van der Waals surface area contributed by atoms with Gasteiger partial charge in [-0.15, -0.1) is 0 Å². The first-order chi connectivity index (χ1) is 15.3. The molecule has 3 heteroatoms. The summed E-state index contributed by atoms with van der Waals surface area (Å²) in [5.41, 5.74) is 2.75. The van der Waals surface area contributed by atoms with Gasteiger partial charge in [-0.2, -0.15) is 0 Å². The maximum Gasteiger partial charge on any atom is 0.0676 e. The first-order valence-electron chi connectivity index (χ1n) is 13.4. The monoisotopic (exact) mass is 444 g/mol. The van der Waals surface area contributed by atoms with Crippen molar-refractivity contribution in [1.29, 1.82) is 0 Å². The molecule has 3 nitrogen and oxygen atoms in total. The molecule has 0 saturated heterocycles. The molecule has 1 unspecified atom stereocenters. The van der Waals surface area contributed by atoms with E-state index in [1.807, 2.05) is 0 Å². The fourth-order valence-corrected chi connectivity index (χ4v) is 6.50. The van der Waals surface area contributed by atoms with E-state index in [9.17, 15) is 15.3 Å². The zero-order chi connectivity index (χ0) is 23.2. The molecule has 0 heterocycles. The highest BCUT2D eigenvalue weighted by Gasteiger charge is 2.42. The minimum atomic E-state index is -0.523. The zero-order valence-electron chi connectivity index (χ0n) is 20.9. The molecule has 32 heavy (non-hydrogen) atoms. The van der Waals surface area contributed by atoms with E-state index in [2.05, 4.69) is 45.1 Å². The van der Waals surface area contributed by atoms with Gasteiger partial charge in [0.2, 0.25) is 0 Å². The third-order valence-corrected chi connectivity index (χ3v) is 8.94. The summed E-state index contributed by atoms with van der Waals surface area (Å²) in [5.74, 6) is 1.53. The van der Waals surface area contributed by atoms with Crippen molar-refractivity contribution in [1.82, 2.24) is 0 Å². The van der Waals surface area contributed by atoms with Crippen LogP contribution in [0.15, 0.2) is 35.5 Å². The Hall–Kier alpha value is -0.900. The van der Waals surface area contributed by atoms with Crippen LogP contribution in [0.25, 0.3) is 0 Å². The summed E-state index contributed by atoms with van der Waals surface area (Å²) < 4.78 is 0. The van der Waals surface area contributed by atoms with E-state index in [0.29, 0.717) is 30.6 Å². The number of aliphatic hydroxyl groups is 3. The third kappa shape index (κ3) is 7.05. The molecule has 3 aliphatic rings. The molecular formula is C29H48O3. The lowest BCUT2D eigenvalue weighted by Gasteiger charge is -2.36. The maximum absolute atomic E-state index is 10.5. The van der Waals surface area contributed by atoms with E-state index in [1.165, 1.54) is 50.5 Å². The van der Waals surface area contributed by atoms with Gasteiger partial charge >= 0.3 is 0 Å². The van der Waals surface area contributed by atoms with Gasteiger partial charge in [0.25, 0.3) is 0 Å². The molecule has 3 rings (SSSR count). The van der Waals surface area contributed by atoms with E-state index < -0.39 is 5.60 Å². The van der Waals surface area contributed by atoms with Crippen LogP contribution in [0.4, 0.5) is 0 Å². The van der Waals surface area contributed by atoms with E-state index >= 15 is 0 Å². The molecule has 182 valence electrons. The highest BCUT2D eigenvalue weighted by molar-refractivity contribution is 5.23. The number of allylic oxidation sites excluding steroid dienone is 4. The van der Waals surface area contributed by atoms with Crippen LogP contribution in [0.2, 0.25) is 0 Å². The van der Waals surface area contributed by atoms with Gasteiger partial charge in [0.15, 0.2) is 0 Å². The predicted octanol–water partition coefficient (Wildman–Crippen LogP) is 6.63. The molecular weight excluding hydrogens is 396 g/mol. The Kier molecular flexibility index (Phi) is 9.23. The summed E-state index contributed by atoms with van der Waals surface area (Å²) in [6.45, 7) is 6.57. The fourth-order valence-electron chi connectivity index (χ4n) is 6.50. The first kappa shape index (κ1) is 25.7. The van der Waals surface area contributed by atoms with Gasteiger partial charge in [0, 0.05) is 0 Å². The Labute approximate surface area is 196 Å². The second kappa shape index (κ2) is 11.5. The van der Waals surface area contributed by atoms with Crippen molar-refractivity contribution in [3.8, 4) is 0 Å². The number of aliphatic hydroxyl groups excluding tert-OH is 2. The lowest BCUT2D eigenvalue weighted by atomic mass is 9.69. The molecule has 0 aromatic carbocycles. The van der Waals surface area contributed by atoms with Gasteiger partial charge in [0.1, 0.15) is 0 Å². The summed E-state index contributed by atoms with van der Waals surface area (Å²) in [4.78, 5) is 0. The molecule has 3 N–H and O–H groups in total. The first-order valence-corrected chi connectivity index (χ1v) is 13.4. The summed E-state index contributed by atoms with van der Waals surface area (Å²) in [6.07, 6.45) is 23.0. The lowest BCUT2D eigenvalue weighted by Crippen LogP contribution is -2.25. The molecule has 3 aliphatic carbocycles. The van der Waals surface area contributed by atoms with Crippen molar-refractivity contribution < 1.29 is 15.3 Å². The van der Waals surface area contributed by atoms with Crippen molar-refractivity contribution >= 4 is 0 Å². The minimum Gasteiger partial charge on any atom is -0.393 e. The SMILES string of the molecule is CCC(O)(CC)C/C=C/CC(C)[C@@H]1CC[C@@]2(CCC/C(=C\C=C3C[C@@H](O)C[C@H](O)C3)C2)C1. The highest BCUT2D eigenvalue weighted by Crippen LogP contribution is 2.54. The second-order valence-corrected chi connectivity index (χ2v) is 11.5. The predicted molar refractivity (Wildman–Crippen MR) is 133 cm³/mol. The molecule has 0 amide bonds. The molecule has 3 saturated carbocycles. The van der Waals surface area contributed by atoms with Crippen molar-refractivity contribution in [3.63, 3.8) is 0 Å². The summed E-state index contributed by atoms with van der Waals surface area (Å²) >= 11 is 0. The molecule has 5 atom stereocenters. The van der Waals surface area contributed by atoms with Crippen LogP contribution in [0.5, 0.6) is 0 Å². The van der Waals surface area contributed by atoms with E-state index in [-0.39, 0.29) is 12.2 Å². The van der Waals surface area contributed by atoms with Gasteiger partial charge in [-0.3, -0.25) is 0 Å². The average Bonchev–Trinajstić information content (AvgIpc) is 3.17. The molecule has 1 spiro atoms. The summed E-state index contributed by atoms with van der Waals surface area (Å²) in [5, 5.41) is 30.3. The van der Waals surface area contributed by atoms with Gasteiger partial charge in [-0.25, -0.2) is 0 Å². The van der Waals surface area contributed by atoms with E-state index in [1.54, 1.807) is 5.57 Å². The molecule has 0 aliphatic heterocycles. The van der Waals surface area contributed by atoms with Crippen LogP contribution in [0.3, 0.4) is 0 Å². The Morgan fingerprint density at radius 1 is 1.03 bits per heavy atom. The van der Waals surface area contributed by atoms with Crippen LogP contribution >= 0.6 is 0 Å². The van der Waals surface area contributed by atoms with Crippen LogP contribution in [-0.4, -0.2) is 33.1 Å². The Balaban J connectivity index is 1.51. The maximum atomic E-state index is 10.5. The largest absolute Gasteiger partial charge is 0.393 e. The molecule has 0 aromatic rings. The second-order valence-electron chi connectivity index (χ2n) is 11.5. The number of hydrogen-bond acceptors (Lipinski definition) is 3. The molecule has 3 fully saturated rings. The van der Waals surface area contributed by atoms with Crippen LogP contribution in [-0.2, 0) is 0 Å². The van der Waals surface area contributed by atoms with Crippen molar-refractivity contribution in [2.75, 3.05) is 0 Å². The van der Waals surface area contributed by atoms with Crippen LogP contribution < -0.4 is 0 Å². The van der Waals surface area contributed by atoms with Crippen molar-refractivity contribution in [3.05, 3.63) is 35.5 Å². The normalized spacial score (nSPS) is 34.0. The molecule has 0 radical (unpaired) electrons. The fraction of sp³-hybridized carbons (Fsp3) is 0.793. The topological polar surface area (TPSA) is 60.7 Å². The van der Waals surface area contributed by atoms with Crippen LogP contribution in [0, 0.1) is 17.3 Å². The standard InChI is InChI=1S/C29H48O3/c1-4-29(32,5-2)15-7-6-9-22(3)25-13-16-28(21-25)14-8-10-23(20-28)11-12-24-17-26(30)19-27(31)18-24/h6-7,11-12,22,25-27,30-32H,4-5,8-10,13-21H2,1-3H3/b7-6+,23-11+/t22?,25-,26-,27-,28-/m1/s1. The van der Waals surface area contributed by atoms with E-state index in [0.717, 1.165) is 31.6 Å². The van der Waals surface area contributed by atoms with Crippen LogP contribution in [0.1, 0.15) is 111 Å². The van der Waals surface area contributed by atoms with Gasteiger partial charge in [0.05, 0.1) is 17.8 Å². The quantitative estimate of drug-likeness (QED) is 0.368. The Morgan fingerprint density at radius 2 is 1.72 bits per heavy atom. The number of hydrogen-bond donors (Lipinski definition) is 3. The summed E-state index contributed by atoms with van der Waals surface area (Å²) in [7, 11) is 0. The van der Waals surface area contributed by atoms with Gasteiger partial charge < -0.3 is 15.3 Å². The number of rotatable bonds is 8. The minimum absolute atomic E-state index is 0.384. The third-order valence-electron chi connectivity index (χ3n) is 8.94. The van der Waals surface area contributed by atoms with E-state index in [4.69, 9.17) is 0 Å². The lowest BCUT2D eigenvalue weighted by molar-refractivity contribution is 0.0352. The van der Waals surface area contributed by atoms with Gasteiger partial charge in [-0.1, -0.05) is 56.2 Å². The summed E-state index contributed by atoms with van der Waals surface area (Å²) in [6, 6.07) is 0. The highest BCUT2D eigenvalue weighted by atomic mass is 16.3. The molecule has 0 aromatic heterocycles. The van der Waals surface area contributed by atoms with Crippen molar-refractivity contribution in [2.24, 2.45) is 17.3 Å². The zero-order valence-corrected chi connectivity index (χ0v) is 20.9. The Morgan fingerprint density at radius 3 is 2.41 bits per heavy atom. The smallest absolute Gasteiger partial charge is 0.0676 e.